The molecule has 0 saturated heterocycles. The van der Waals surface area contributed by atoms with Crippen LogP contribution in [-0.2, 0) is 0 Å². The van der Waals surface area contributed by atoms with Gasteiger partial charge in [-0.05, 0) is 25.5 Å². The van der Waals surface area contributed by atoms with Crippen LogP contribution >= 0.6 is 0 Å². The second kappa shape index (κ2) is 5.83. The van der Waals surface area contributed by atoms with Crippen LogP contribution in [0.15, 0.2) is 37.1 Å². The lowest BCUT2D eigenvalue weighted by molar-refractivity contribution is 0.0518. The van der Waals surface area contributed by atoms with Crippen LogP contribution in [0.3, 0.4) is 0 Å². The number of hydrogen-bond acceptors (Lipinski definition) is 4. The van der Waals surface area contributed by atoms with E-state index in [-0.39, 0.29) is 12.5 Å². The van der Waals surface area contributed by atoms with Crippen LogP contribution < -0.4 is 5.32 Å². The quantitative estimate of drug-likeness (QED) is 0.857. The van der Waals surface area contributed by atoms with Gasteiger partial charge in [-0.15, -0.1) is 0 Å². The van der Waals surface area contributed by atoms with Crippen molar-refractivity contribution >= 4 is 5.91 Å². The number of aliphatic hydroxyl groups is 1. The monoisotopic (exact) mass is 274 g/mol. The van der Waals surface area contributed by atoms with E-state index in [1.165, 1.54) is 6.20 Å². The highest BCUT2D eigenvalue weighted by molar-refractivity contribution is 5.93. The van der Waals surface area contributed by atoms with Crippen molar-refractivity contribution in [3.05, 3.63) is 42.6 Å². The van der Waals surface area contributed by atoms with Crippen LogP contribution in [0, 0.1) is 0 Å². The summed E-state index contributed by atoms with van der Waals surface area (Å²) in [5, 5.41) is 12.5. The van der Waals surface area contributed by atoms with Gasteiger partial charge in [0.1, 0.15) is 12.1 Å². The number of pyridine rings is 1. The van der Waals surface area contributed by atoms with E-state index in [1.54, 1.807) is 42.3 Å². The van der Waals surface area contributed by atoms with Crippen molar-refractivity contribution in [2.24, 2.45) is 0 Å². The second-order valence-electron chi connectivity index (χ2n) is 4.91. The number of amides is 1. The van der Waals surface area contributed by atoms with Gasteiger partial charge < -0.3 is 10.4 Å². The number of carbonyl (C=O) groups excluding carboxylic acids is 1. The minimum absolute atomic E-state index is 0.214. The summed E-state index contributed by atoms with van der Waals surface area (Å²) in [6, 6.07) is 3.44. The number of nitrogens with zero attached hydrogens (tertiary/aromatic N) is 3. The summed E-state index contributed by atoms with van der Waals surface area (Å²) in [4.78, 5) is 20.1. The third-order valence-corrected chi connectivity index (χ3v) is 3.17. The minimum atomic E-state index is -0.889. The van der Waals surface area contributed by atoms with E-state index < -0.39 is 5.60 Å². The Bertz CT molecular complexity index is 561. The summed E-state index contributed by atoms with van der Waals surface area (Å²) in [5.41, 5.74) is -0.430. The highest BCUT2D eigenvalue weighted by Gasteiger charge is 2.18. The summed E-state index contributed by atoms with van der Waals surface area (Å²) < 4.78 is 1.75. The van der Waals surface area contributed by atoms with Crippen LogP contribution in [0.4, 0.5) is 0 Å². The molecule has 2 aromatic rings. The maximum atomic E-state index is 11.9. The molecule has 0 radical (unpaired) electrons. The molecule has 106 valence electrons. The largest absolute Gasteiger partial charge is 0.388 e. The Hall–Kier alpha value is -2.21. The van der Waals surface area contributed by atoms with E-state index >= 15 is 0 Å². The fourth-order valence-electron chi connectivity index (χ4n) is 1.57. The van der Waals surface area contributed by atoms with Gasteiger partial charge in [-0.1, -0.05) is 6.92 Å². The molecule has 20 heavy (non-hydrogen) atoms. The van der Waals surface area contributed by atoms with Gasteiger partial charge in [0.05, 0.1) is 11.2 Å². The van der Waals surface area contributed by atoms with Gasteiger partial charge in [0.25, 0.3) is 5.91 Å². The first-order valence-electron chi connectivity index (χ1n) is 6.47. The molecule has 0 spiro atoms. The van der Waals surface area contributed by atoms with Crippen LogP contribution in [0.5, 0.6) is 0 Å². The Labute approximate surface area is 117 Å². The van der Waals surface area contributed by atoms with Crippen molar-refractivity contribution in [1.29, 1.82) is 0 Å². The summed E-state index contributed by atoms with van der Waals surface area (Å²) in [6.07, 6.45) is 7.16. The summed E-state index contributed by atoms with van der Waals surface area (Å²) in [5.74, 6) is 0.447. The molecule has 0 aliphatic carbocycles. The van der Waals surface area contributed by atoms with Crippen LogP contribution in [0.25, 0.3) is 5.82 Å². The average molecular weight is 274 g/mol. The first-order valence-corrected chi connectivity index (χ1v) is 6.47. The zero-order chi connectivity index (χ0) is 14.6. The number of rotatable bonds is 5. The Balaban J connectivity index is 2.01. The number of carbonyl (C=O) groups is 1. The fourth-order valence-corrected chi connectivity index (χ4v) is 1.57. The summed E-state index contributed by atoms with van der Waals surface area (Å²) in [7, 11) is 0. The standard InChI is InChI=1S/C14H18N4O2/c1-3-14(2,20)9-17-13(19)11-4-5-12(16-8-11)18-7-6-15-10-18/h4-8,10,20H,3,9H2,1-2H3,(H,17,19). The Kier molecular flexibility index (Phi) is 4.14. The second-order valence-corrected chi connectivity index (χ2v) is 4.91. The number of aromatic nitrogens is 3. The molecule has 0 saturated carbocycles. The lowest BCUT2D eigenvalue weighted by atomic mass is 10.0. The van der Waals surface area contributed by atoms with Gasteiger partial charge in [-0.2, -0.15) is 0 Å². The molecule has 2 heterocycles. The molecular weight excluding hydrogens is 256 g/mol. The number of nitrogens with one attached hydrogen (secondary N) is 1. The van der Waals surface area contributed by atoms with E-state index in [0.717, 1.165) is 0 Å². The van der Waals surface area contributed by atoms with E-state index in [4.69, 9.17) is 0 Å². The van der Waals surface area contributed by atoms with Gasteiger partial charge in [0.15, 0.2) is 0 Å². The average Bonchev–Trinajstić information content (AvgIpc) is 2.99. The molecule has 2 aromatic heterocycles. The van der Waals surface area contributed by atoms with Crippen molar-refractivity contribution in [2.45, 2.75) is 25.9 Å². The topological polar surface area (TPSA) is 80.0 Å². The zero-order valence-electron chi connectivity index (χ0n) is 11.6. The SMILES string of the molecule is CCC(C)(O)CNC(=O)c1ccc(-n2ccnc2)nc1. The minimum Gasteiger partial charge on any atom is -0.388 e. The maximum Gasteiger partial charge on any atom is 0.252 e. The fraction of sp³-hybridized carbons (Fsp3) is 0.357. The normalized spacial score (nSPS) is 13.8. The molecule has 0 aliphatic heterocycles. The molecule has 6 nitrogen and oxygen atoms in total. The highest BCUT2D eigenvalue weighted by atomic mass is 16.3. The lowest BCUT2D eigenvalue weighted by Crippen LogP contribution is -2.40. The molecule has 2 rings (SSSR count). The third-order valence-electron chi connectivity index (χ3n) is 3.17. The van der Waals surface area contributed by atoms with Crippen LogP contribution in [-0.4, -0.2) is 37.7 Å². The van der Waals surface area contributed by atoms with Gasteiger partial charge in [0, 0.05) is 25.1 Å². The van der Waals surface area contributed by atoms with Gasteiger partial charge in [-0.3, -0.25) is 9.36 Å². The van der Waals surface area contributed by atoms with Crippen molar-refractivity contribution in [3.63, 3.8) is 0 Å². The molecule has 0 aromatic carbocycles. The summed E-state index contributed by atoms with van der Waals surface area (Å²) >= 11 is 0. The van der Waals surface area contributed by atoms with Crippen LogP contribution in [0.2, 0.25) is 0 Å². The molecule has 6 heteroatoms. The van der Waals surface area contributed by atoms with Crippen molar-refractivity contribution in [3.8, 4) is 5.82 Å². The van der Waals surface area contributed by atoms with Crippen molar-refractivity contribution in [2.75, 3.05) is 6.54 Å². The first kappa shape index (κ1) is 14.2. The molecule has 1 atom stereocenters. The first-order chi connectivity index (χ1) is 9.52. The predicted octanol–water partition coefficient (Wildman–Crippen LogP) is 1.16. The Morgan fingerprint density at radius 3 is 2.85 bits per heavy atom. The highest BCUT2D eigenvalue weighted by Crippen LogP contribution is 2.08. The smallest absolute Gasteiger partial charge is 0.252 e. The van der Waals surface area contributed by atoms with E-state index in [1.807, 2.05) is 6.92 Å². The van der Waals surface area contributed by atoms with Gasteiger partial charge in [0.2, 0.25) is 0 Å². The van der Waals surface area contributed by atoms with Crippen LogP contribution in [0.1, 0.15) is 30.6 Å². The molecule has 0 fully saturated rings. The summed E-state index contributed by atoms with van der Waals surface area (Å²) in [6.45, 7) is 3.77. The number of hydrogen-bond donors (Lipinski definition) is 2. The maximum absolute atomic E-state index is 11.9. The Morgan fingerprint density at radius 2 is 2.30 bits per heavy atom. The van der Waals surface area contributed by atoms with Crippen molar-refractivity contribution in [1.82, 2.24) is 19.9 Å². The predicted molar refractivity (Wildman–Crippen MR) is 74.6 cm³/mol. The van der Waals surface area contributed by atoms with Gasteiger partial charge in [-0.25, -0.2) is 9.97 Å². The van der Waals surface area contributed by atoms with E-state index in [0.29, 0.717) is 17.8 Å². The van der Waals surface area contributed by atoms with E-state index in [9.17, 15) is 9.90 Å². The molecule has 2 N–H and O–H groups in total. The lowest BCUT2D eigenvalue weighted by Gasteiger charge is -2.21. The van der Waals surface area contributed by atoms with E-state index in [2.05, 4.69) is 15.3 Å². The molecule has 0 aliphatic rings. The molecule has 1 amide bonds. The molecule has 1 unspecified atom stereocenters. The molecule has 0 bridgehead atoms. The third kappa shape index (κ3) is 3.42. The zero-order valence-corrected chi connectivity index (χ0v) is 11.6. The van der Waals surface area contributed by atoms with Crippen molar-refractivity contribution < 1.29 is 9.90 Å². The number of imidazole rings is 1. The Morgan fingerprint density at radius 1 is 1.50 bits per heavy atom. The molecular formula is C14H18N4O2. The van der Waals surface area contributed by atoms with Gasteiger partial charge >= 0.3 is 0 Å².